The van der Waals surface area contributed by atoms with Gasteiger partial charge in [0.05, 0.1) is 17.9 Å². The van der Waals surface area contributed by atoms with E-state index in [1.165, 1.54) is 0 Å². The molecule has 0 saturated carbocycles. The standard InChI is InChI=1S/C16H24N2O3/c1-3-16(4-2,11-19)10-18-15(20)12-6-5-7-13-14(12)21-9-8-17-13/h5-7,17,19H,3-4,8-11H2,1-2H3,(H,18,20). The predicted octanol–water partition coefficient (Wildman–Crippen LogP) is 2.02. The van der Waals surface area contributed by atoms with Crippen LogP contribution < -0.4 is 15.4 Å². The Hall–Kier alpha value is -1.75. The van der Waals surface area contributed by atoms with Crippen LogP contribution in [0.4, 0.5) is 5.69 Å². The Morgan fingerprint density at radius 2 is 2.19 bits per heavy atom. The van der Waals surface area contributed by atoms with E-state index in [4.69, 9.17) is 4.74 Å². The van der Waals surface area contributed by atoms with E-state index in [-0.39, 0.29) is 17.9 Å². The molecule has 0 spiro atoms. The van der Waals surface area contributed by atoms with Crippen LogP contribution in [0.3, 0.4) is 0 Å². The van der Waals surface area contributed by atoms with E-state index in [2.05, 4.69) is 10.6 Å². The quantitative estimate of drug-likeness (QED) is 0.750. The van der Waals surface area contributed by atoms with Gasteiger partial charge in [-0.15, -0.1) is 0 Å². The van der Waals surface area contributed by atoms with Crippen LogP contribution >= 0.6 is 0 Å². The molecule has 0 fully saturated rings. The number of hydrogen-bond donors (Lipinski definition) is 3. The van der Waals surface area contributed by atoms with E-state index in [0.717, 1.165) is 25.1 Å². The molecule has 0 aromatic heterocycles. The van der Waals surface area contributed by atoms with Crippen molar-refractivity contribution in [3.63, 3.8) is 0 Å². The Morgan fingerprint density at radius 3 is 2.86 bits per heavy atom. The SMILES string of the molecule is CCC(CC)(CO)CNC(=O)c1cccc2c1OCCN2. The molecular weight excluding hydrogens is 268 g/mol. The molecule has 1 amide bonds. The van der Waals surface area contributed by atoms with Gasteiger partial charge in [-0.05, 0) is 25.0 Å². The fourth-order valence-electron chi connectivity index (χ4n) is 2.49. The van der Waals surface area contributed by atoms with Crippen LogP contribution in [-0.4, -0.2) is 37.3 Å². The molecule has 1 aromatic rings. The maximum atomic E-state index is 12.4. The highest BCUT2D eigenvalue weighted by molar-refractivity contribution is 5.99. The molecule has 0 unspecified atom stereocenters. The molecule has 0 bridgehead atoms. The minimum absolute atomic E-state index is 0.0746. The van der Waals surface area contributed by atoms with Crippen LogP contribution in [0, 0.1) is 5.41 Å². The molecule has 5 nitrogen and oxygen atoms in total. The second-order valence-corrected chi connectivity index (χ2v) is 5.51. The molecule has 21 heavy (non-hydrogen) atoms. The van der Waals surface area contributed by atoms with Gasteiger partial charge in [0, 0.05) is 18.5 Å². The number of amides is 1. The summed E-state index contributed by atoms with van der Waals surface area (Å²) in [6, 6.07) is 5.51. The fourth-order valence-corrected chi connectivity index (χ4v) is 2.49. The molecule has 1 aliphatic heterocycles. The molecule has 0 saturated heterocycles. The first-order valence-corrected chi connectivity index (χ1v) is 7.54. The van der Waals surface area contributed by atoms with Crippen molar-refractivity contribution in [1.82, 2.24) is 5.32 Å². The zero-order valence-corrected chi connectivity index (χ0v) is 12.7. The Bertz CT molecular complexity index is 490. The van der Waals surface area contributed by atoms with E-state index in [0.29, 0.717) is 24.5 Å². The number of para-hydroxylation sites is 1. The zero-order valence-electron chi connectivity index (χ0n) is 12.7. The van der Waals surface area contributed by atoms with Crippen molar-refractivity contribution < 1.29 is 14.6 Å². The molecule has 1 heterocycles. The number of anilines is 1. The molecular formula is C16H24N2O3. The average Bonchev–Trinajstić information content (AvgIpc) is 2.56. The van der Waals surface area contributed by atoms with Gasteiger partial charge in [-0.1, -0.05) is 19.9 Å². The third-order valence-corrected chi connectivity index (χ3v) is 4.38. The molecule has 1 aliphatic rings. The molecule has 0 atom stereocenters. The zero-order chi connectivity index (χ0) is 15.3. The van der Waals surface area contributed by atoms with E-state index < -0.39 is 0 Å². The average molecular weight is 292 g/mol. The number of hydrogen-bond acceptors (Lipinski definition) is 4. The lowest BCUT2D eigenvalue weighted by molar-refractivity contribution is 0.0847. The number of fused-ring (bicyclic) bond motifs is 1. The number of carbonyl (C=O) groups excluding carboxylic acids is 1. The molecule has 116 valence electrons. The summed E-state index contributed by atoms with van der Waals surface area (Å²) in [7, 11) is 0. The van der Waals surface area contributed by atoms with Gasteiger partial charge >= 0.3 is 0 Å². The van der Waals surface area contributed by atoms with Crippen molar-refractivity contribution in [3.8, 4) is 5.75 Å². The van der Waals surface area contributed by atoms with Gasteiger partial charge in [-0.3, -0.25) is 4.79 Å². The highest BCUT2D eigenvalue weighted by atomic mass is 16.5. The lowest BCUT2D eigenvalue weighted by Crippen LogP contribution is -2.39. The minimum Gasteiger partial charge on any atom is -0.489 e. The summed E-state index contributed by atoms with van der Waals surface area (Å²) in [5, 5.41) is 15.7. The van der Waals surface area contributed by atoms with Crippen molar-refractivity contribution in [2.75, 3.05) is 31.6 Å². The molecule has 2 rings (SSSR count). The van der Waals surface area contributed by atoms with Crippen LogP contribution in [0.2, 0.25) is 0 Å². The summed E-state index contributed by atoms with van der Waals surface area (Å²) in [5.41, 5.74) is 1.15. The molecule has 3 N–H and O–H groups in total. The number of nitrogens with one attached hydrogen (secondary N) is 2. The molecule has 0 radical (unpaired) electrons. The van der Waals surface area contributed by atoms with Gasteiger partial charge in [0.2, 0.25) is 0 Å². The summed E-state index contributed by atoms with van der Waals surface area (Å²) in [4.78, 5) is 12.4. The summed E-state index contributed by atoms with van der Waals surface area (Å²) < 4.78 is 5.61. The Labute approximate surface area is 125 Å². The third-order valence-electron chi connectivity index (χ3n) is 4.38. The normalized spacial score (nSPS) is 13.9. The number of carbonyl (C=O) groups is 1. The lowest BCUT2D eigenvalue weighted by Gasteiger charge is -2.29. The van der Waals surface area contributed by atoms with Crippen LogP contribution in [0.5, 0.6) is 5.75 Å². The van der Waals surface area contributed by atoms with E-state index in [9.17, 15) is 9.90 Å². The smallest absolute Gasteiger partial charge is 0.255 e. The Balaban J connectivity index is 2.11. The van der Waals surface area contributed by atoms with E-state index >= 15 is 0 Å². The number of aliphatic hydroxyl groups excluding tert-OH is 1. The summed E-state index contributed by atoms with van der Waals surface area (Å²) in [6.45, 7) is 5.91. The topological polar surface area (TPSA) is 70.6 Å². The van der Waals surface area contributed by atoms with Crippen LogP contribution in [0.15, 0.2) is 18.2 Å². The Morgan fingerprint density at radius 1 is 1.43 bits per heavy atom. The van der Waals surface area contributed by atoms with Crippen molar-refractivity contribution in [3.05, 3.63) is 23.8 Å². The summed E-state index contributed by atoms with van der Waals surface area (Å²) in [5.74, 6) is 0.458. The van der Waals surface area contributed by atoms with Crippen molar-refractivity contribution >= 4 is 11.6 Å². The van der Waals surface area contributed by atoms with Gasteiger partial charge in [0.25, 0.3) is 5.91 Å². The van der Waals surface area contributed by atoms with Crippen molar-refractivity contribution in [2.45, 2.75) is 26.7 Å². The monoisotopic (exact) mass is 292 g/mol. The van der Waals surface area contributed by atoms with Gasteiger partial charge in [0.1, 0.15) is 6.61 Å². The maximum Gasteiger partial charge on any atom is 0.255 e. The first-order valence-electron chi connectivity index (χ1n) is 7.54. The largest absolute Gasteiger partial charge is 0.489 e. The third kappa shape index (κ3) is 3.29. The second kappa shape index (κ2) is 6.80. The van der Waals surface area contributed by atoms with Gasteiger partial charge < -0.3 is 20.5 Å². The second-order valence-electron chi connectivity index (χ2n) is 5.51. The van der Waals surface area contributed by atoms with Gasteiger partial charge in [-0.2, -0.15) is 0 Å². The van der Waals surface area contributed by atoms with Crippen LogP contribution in [0.1, 0.15) is 37.0 Å². The summed E-state index contributed by atoms with van der Waals surface area (Å²) in [6.07, 6.45) is 1.65. The highest BCUT2D eigenvalue weighted by Crippen LogP contribution is 2.31. The van der Waals surface area contributed by atoms with E-state index in [1.54, 1.807) is 6.07 Å². The van der Waals surface area contributed by atoms with Crippen molar-refractivity contribution in [1.29, 1.82) is 0 Å². The number of aliphatic hydroxyl groups is 1. The molecule has 5 heteroatoms. The van der Waals surface area contributed by atoms with Gasteiger partial charge in [-0.25, -0.2) is 0 Å². The van der Waals surface area contributed by atoms with Gasteiger partial charge in [0.15, 0.2) is 5.75 Å². The number of rotatable bonds is 6. The number of benzene rings is 1. The summed E-state index contributed by atoms with van der Waals surface area (Å²) >= 11 is 0. The van der Waals surface area contributed by atoms with Crippen LogP contribution in [-0.2, 0) is 0 Å². The first kappa shape index (κ1) is 15.6. The lowest BCUT2D eigenvalue weighted by atomic mass is 9.83. The van der Waals surface area contributed by atoms with Crippen molar-refractivity contribution in [2.24, 2.45) is 5.41 Å². The maximum absolute atomic E-state index is 12.4. The minimum atomic E-state index is -0.246. The highest BCUT2D eigenvalue weighted by Gasteiger charge is 2.27. The predicted molar refractivity (Wildman–Crippen MR) is 82.9 cm³/mol. The molecule has 0 aliphatic carbocycles. The van der Waals surface area contributed by atoms with E-state index in [1.807, 2.05) is 26.0 Å². The first-order chi connectivity index (χ1) is 10.2. The fraction of sp³-hybridized carbons (Fsp3) is 0.562. The van der Waals surface area contributed by atoms with Crippen LogP contribution in [0.25, 0.3) is 0 Å². The number of ether oxygens (including phenoxy) is 1. The Kier molecular flexibility index (Phi) is 5.07. The molecule has 1 aromatic carbocycles.